The molecule has 1 aromatic heterocycles. The van der Waals surface area contributed by atoms with Gasteiger partial charge in [0.05, 0.1) is 6.42 Å². The molecule has 1 aliphatic rings. The van der Waals surface area contributed by atoms with Crippen LogP contribution < -0.4 is 5.32 Å². The van der Waals surface area contributed by atoms with Gasteiger partial charge in [-0.1, -0.05) is 29.5 Å². The van der Waals surface area contributed by atoms with Crippen LogP contribution in [-0.4, -0.2) is 16.1 Å². The number of nitrogens with zero attached hydrogens (tertiary/aromatic N) is 2. The summed E-state index contributed by atoms with van der Waals surface area (Å²) in [6.45, 7) is 1.87. The lowest BCUT2D eigenvalue weighted by molar-refractivity contribution is -0.115. The van der Waals surface area contributed by atoms with E-state index in [1.54, 1.807) is 0 Å². The van der Waals surface area contributed by atoms with E-state index in [-0.39, 0.29) is 5.91 Å². The van der Waals surface area contributed by atoms with Gasteiger partial charge in [-0.05, 0) is 49.3 Å². The molecule has 0 unspecified atom stereocenters. The van der Waals surface area contributed by atoms with Crippen LogP contribution in [0, 0.1) is 6.92 Å². The number of rotatable bonds is 3. The van der Waals surface area contributed by atoms with Gasteiger partial charge in [-0.2, -0.15) is 0 Å². The summed E-state index contributed by atoms with van der Waals surface area (Å²) in [6.07, 6.45) is 5.24. The van der Waals surface area contributed by atoms with Crippen LogP contribution in [0.4, 0.5) is 5.13 Å². The maximum Gasteiger partial charge on any atom is 0.230 e. The summed E-state index contributed by atoms with van der Waals surface area (Å²) in [5, 5.41) is 12.0. The molecule has 0 fully saturated rings. The van der Waals surface area contributed by atoms with E-state index in [4.69, 9.17) is 0 Å². The Morgan fingerprint density at radius 3 is 2.80 bits per heavy atom. The van der Waals surface area contributed by atoms with E-state index >= 15 is 0 Å². The van der Waals surface area contributed by atoms with Gasteiger partial charge in [0.2, 0.25) is 11.0 Å². The van der Waals surface area contributed by atoms with Gasteiger partial charge in [0.1, 0.15) is 5.01 Å². The van der Waals surface area contributed by atoms with Crippen LogP contribution in [0.3, 0.4) is 0 Å². The molecule has 0 radical (unpaired) electrons. The van der Waals surface area contributed by atoms with E-state index in [1.807, 2.05) is 6.92 Å². The molecule has 1 aromatic carbocycles. The lowest BCUT2D eigenvalue weighted by Crippen LogP contribution is -2.15. The molecule has 1 aliphatic carbocycles. The Labute approximate surface area is 122 Å². The SMILES string of the molecule is Cc1nnc(NC(=O)Cc2ccc3c(c2)CCCC3)s1. The molecule has 2 aromatic rings. The zero-order valence-corrected chi connectivity index (χ0v) is 12.3. The van der Waals surface area contributed by atoms with E-state index in [9.17, 15) is 4.79 Å². The molecule has 1 N–H and O–H groups in total. The van der Waals surface area contributed by atoms with Crippen molar-refractivity contribution in [3.05, 3.63) is 39.9 Å². The fourth-order valence-electron chi connectivity index (χ4n) is 2.59. The minimum absolute atomic E-state index is 0.0306. The molecule has 0 spiro atoms. The number of hydrogen-bond donors (Lipinski definition) is 1. The molecule has 1 heterocycles. The standard InChI is InChI=1S/C15H17N3OS/c1-10-17-18-15(20-10)16-14(19)9-11-6-7-12-4-2-3-5-13(12)8-11/h6-8H,2-5,9H2,1H3,(H,16,18,19). The highest BCUT2D eigenvalue weighted by atomic mass is 32.1. The number of aromatic nitrogens is 2. The van der Waals surface area contributed by atoms with Crippen LogP contribution in [0.25, 0.3) is 0 Å². The van der Waals surface area contributed by atoms with Gasteiger partial charge in [0.25, 0.3) is 0 Å². The van der Waals surface area contributed by atoms with Crippen molar-refractivity contribution in [2.45, 2.75) is 39.0 Å². The Morgan fingerprint density at radius 1 is 1.25 bits per heavy atom. The molecule has 5 heteroatoms. The summed E-state index contributed by atoms with van der Waals surface area (Å²) in [5.74, 6) is -0.0306. The zero-order chi connectivity index (χ0) is 13.9. The molecule has 3 rings (SSSR count). The smallest absolute Gasteiger partial charge is 0.230 e. The van der Waals surface area contributed by atoms with E-state index in [0.717, 1.165) is 17.0 Å². The van der Waals surface area contributed by atoms with Crippen molar-refractivity contribution in [3.8, 4) is 0 Å². The number of nitrogens with one attached hydrogen (secondary N) is 1. The van der Waals surface area contributed by atoms with Gasteiger partial charge in [-0.15, -0.1) is 10.2 Å². The van der Waals surface area contributed by atoms with Crippen molar-refractivity contribution in [3.63, 3.8) is 0 Å². The minimum Gasteiger partial charge on any atom is -0.300 e. The molecule has 104 valence electrons. The number of carbonyl (C=O) groups is 1. The maximum absolute atomic E-state index is 12.0. The Hall–Kier alpha value is -1.75. The molecular formula is C15H17N3OS. The second-order valence-electron chi connectivity index (χ2n) is 5.16. The Kier molecular flexibility index (Phi) is 3.78. The van der Waals surface area contributed by atoms with E-state index < -0.39 is 0 Å². The Balaban J connectivity index is 1.66. The first-order valence-electron chi connectivity index (χ1n) is 6.91. The number of fused-ring (bicyclic) bond motifs is 1. The van der Waals surface area contributed by atoms with Crippen molar-refractivity contribution in [1.29, 1.82) is 0 Å². The summed E-state index contributed by atoms with van der Waals surface area (Å²) in [6, 6.07) is 6.42. The van der Waals surface area contributed by atoms with Crippen LogP contribution in [0.15, 0.2) is 18.2 Å². The van der Waals surface area contributed by atoms with Gasteiger partial charge in [-0.25, -0.2) is 0 Å². The summed E-state index contributed by atoms with van der Waals surface area (Å²) < 4.78 is 0. The topological polar surface area (TPSA) is 54.9 Å². The third kappa shape index (κ3) is 3.04. The fourth-order valence-corrected chi connectivity index (χ4v) is 3.20. The average molecular weight is 287 g/mol. The van der Waals surface area contributed by atoms with Gasteiger partial charge >= 0.3 is 0 Å². The predicted octanol–water partition coefficient (Wildman–Crippen LogP) is 2.91. The zero-order valence-electron chi connectivity index (χ0n) is 11.5. The van der Waals surface area contributed by atoms with Crippen molar-refractivity contribution in [1.82, 2.24) is 10.2 Å². The molecule has 20 heavy (non-hydrogen) atoms. The normalized spacial score (nSPS) is 13.8. The first-order valence-corrected chi connectivity index (χ1v) is 7.73. The van der Waals surface area contributed by atoms with E-state index in [2.05, 4.69) is 33.7 Å². The molecule has 0 atom stereocenters. The van der Waals surface area contributed by atoms with E-state index in [1.165, 1.54) is 41.7 Å². The number of benzene rings is 1. The predicted molar refractivity (Wildman–Crippen MR) is 80.1 cm³/mol. The summed E-state index contributed by atoms with van der Waals surface area (Å²) in [5.41, 5.74) is 3.93. The summed E-state index contributed by atoms with van der Waals surface area (Å²) >= 11 is 1.40. The second-order valence-corrected chi connectivity index (χ2v) is 6.34. The first-order chi connectivity index (χ1) is 9.70. The first kappa shape index (κ1) is 13.2. The van der Waals surface area contributed by atoms with Gasteiger partial charge in [-0.3, -0.25) is 4.79 Å². The third-order valence-corrected chi connectivity index (χ3v) is 4.30. The van der Waals surface area contributed by atoms with Crippen LogP contribution in [-0.2, 0) is 24.1 Å². The maximum atomic E-state index is 12.0. The molecule has 0 aliphatic heterocycles. The van der Waals surface area contributed by atoms with Crippen LogP contribution >= 0.6 is 11.3 Å². The van der Waals surface area contributed by atoms with Crippen molar-refractivity contribution < 1.29 is 4.79 Å². The molecule has 0 saturated heterocycles. The molecular weight excluding hydrogens is 270 g/mol. The number of hydrogen-bond acceptors (Lipinski definition) is 4. The molecule has 4 nitrogen and oxygen atoms in total. The summed E-state index contributed by atoms with van der Waals surface area (Å²) in [7, 11) is 0. The molecule has 1 amide bonds. The number of carbonyl (C=O) groups excluding carboxylic acids is 1. The van der Waals surface area contributed by atoms with Crippen LogP contribution in [0.5, 0.6) is 0 Å². The van der Waals surface area contributed by atoms with Gasteiger partial charge in [0.15, 0.2) is 0 Å². The fraction of sp³-hybridized carbons (Fsp3) is 0.400. The van der Waals surface area contributed by atoms with Gasteiger partial charge in [0, 0.05) is 0 Å². The highest BCUT2D eigenvalue weighted by Gasteiger charge is 2.12. The number of aryl methyl sites for hydroxylation is 3. The summed E-state index contributed by atoms with van der Waals surface area (Å²) in [4.78, 5) is 12.0. The van der Waals surface area contributed by atoms with Crippen LogP contribution in [0.2, 0.25) is 0 Å². The lowest BCUT2D eigenvalue weighted by atomic mass is 9.90. The van der Waals surface area contributed by atoms with Crippen molar-refractivity contribution in [2.24, 2.45) is 0 Å². The highest BCUT2D eigenvalue weighted by Crippen LogP contribution is 2.22. The Morgan fingerprint density at radius 2 is 2.05 bits per heavy atom. The van der Waals surface area contributed by atoms with Crippen LogP contribution in [0.1, 0.15) is 34.5 Å². The minimum atomic E-state index is -0.0306. The molecule has 0 bridgehead atoms. The average Bonchev–Trinajstić information content (AvgIpc) is 2.83. The lowest BCUT2D eigenvalue weighted by Gasteiger charge is -2.16. The second kappa shape index (κ2) is 5.71. The Bertz CT molecular complexity index is 636. The highest BCUT2D eigenvalue weighted by molar-refractivity contribution is 7.15. The monoisotopic (exact) mass is 287 g/mol. The van der Waals surface area contributed by atoms with Gasteiger partial charge < -0.3 is 5.32 Å². The van der Waals surface area contributed by atoms with Crippen molar-refractivity contribution in [2.75, 3.05) is 5.32 Å². The molecule has 0 saturated carbocycles. The number of amides is 1. The largest absolute Gasteiger partial charge is 0.300 e. The van der Waals surface area contributed by atoms with E-state index in [0.29, 0.717) is 11.6 Å². The quantitative estimate of drug-likeness (QED) is 0.944. The van der Waals surface area contributed by atoms with Crippen molar-refractivity contribution >= 4 is 22.4 Å². The number of anilines is 1. The third-order valence-electron chi connectivity index (χ3n) is 3.55.